The summed E-state index contributed by atoms with van der Waals surface area (Å²) in [6, 6.07) is 0.754. The van der Waals surface area contributed by atoms with E-state index in [4.69, 9.17) is 0 Å². The van der Waals surface area contributed by atoms with E-state index in [0.717, 1.165) is 12.0 Å². The number of nitrogens with one attached hydrogen (secondary N) is 1. The van der Waals surface area contributed by atoms with Crippen molar-refractivity contribution in [3.05, 3.63) is 0 Å². The van der Waals surface area contributed by atoms with Gasteiger partial charge in [0.2, 0.25) is 0 Å². The van der Waals surface area contributed by atoms with Gasteiger partial charge in [-0.3, -0.25) is 0 Å². The van der Waals surface area contributed by atoms with Crippen LogP contribution in [0.15, 0.2) is 0 Å². The predicted octanol–water partition coefficient (Wildman–Crippen LogP) is 2.89. The molecule has 2 nitrogen and oxygen atoms in total. The number of rotatable bonds is 5. The number of nitrogens with zero attached hydrogens (tertiary/aromatic N) is 1. The summed E-state index contributed by atoms with van der Waals surface area (Å²) in [4.78, 5) is 2.70. The van der Waals surface area contributed by atoms with Gasteiger partial charge in [-0.25, -0.2) is 0 Å². The highest BCUT2D eigenvalue weighted by atomic mass is 15.1. The molecule has 1 saturated heterocycles. The van der Waals surface area contributed by atoms with Gasteiger partial charge in [0.05, 0.1) is 0 Å². The van der Waals surface area contributed by atoms with Crippen LogP contribution in [0, 0.1) is 5.92 Å². The van der Waals surface area contributed by atoms with Crippen LogP contribution < -0.4 is 5.32 Å². The average Bonchev–Trinajstić information content (AvgIpc) is 2.29. The first-order chi connectivity index (χ1) is 7.80. The van der Waals surface area contributed by atoms with Crippen molar-refractivity contribution in [3.8, 4) is 0 Å². The summed E-state index contributed by atoms with van der Waals surface area (Å²) in [6.07, 6.45) is 6.59. The molecule has 1 heterocycles. The highest BCUT2D eigenvalue weighted by molar-refractivity contribution is 4.73. The smallest absolute Gasteiger partial charge is 0.00766 e. The molecule has 1 atom stereocenters. The molecule has 1 aliphatic heterocycles. The molecule has 16 heavy (non-hydrogen) atoms. The fraction of sp³-hybridized carbons (Fsp3) is 1.00. The topological polar surface area (TPSA) is 15.3 Å². The van der Waals surface area contributed by atoms with Crippen LogP contribution in [0.2, 0.25) is 0 Å². The summed E-state index contributed by atoms with van der Waals surface area (Å²) in [7, 11) is 0. The second-order valence-corrected chi connectivity index (χ2v) is 5.18. The van der Waals surface area contributed by atoms with E-state index in [1.807, 2.05) is 0 Å². The lowest BCUT2D eigenvalue weighted by atomic mass is 10.0. The monoisotopic (exact) mass is 226 g/mol. The van der Waals surface area contributed by atoms with Gasteiger partial charge in [-0.2, -0.15) is 0 Å². The predicted molar refractivity (Wildman–Crippen MR) is 71.8 cm³/mol. The highest BCUT2D eigenvalue weighted by Gasteiger charge is 2.15. The molecule has 1 rings (SSSR count). The second-order valence-electron chi connectivity index (χ2n) is 5.18. The van der Waals surface area contributed by atoms with Crippen molar-refractivity contribution in [2.75, 3.05) is 26.2 Å². The lowest BCUT2D eigenvalue weighted by Crippen LogP contribution is -2.41. The normalized spacial score (nSPS) is 24.4. The van der Waals surface area contributed by atoms with Gasteiger partial charge in [0.25, 0.3) is 0 Å². The fourth-order valence-electron chi connectivity index (χ4n) is 2.60. The molecule has 0 saturated carbocycles. The molecule has 0 bridgehead atoms. The van der Waals surface area contributed by atoms with Crippen molar-refractivity contribution in [3.63, 3.8) is 0 Å². The lowest BCUT2D eigenvalue weighted by molar-refractivity contribution is 0.195. The summed E-state index contributed by atoms with van der Waals surface area (Å²) in [5.41, 5.74) is 0. The molecule has 1 aliphatic rings. The van der Waals surface area contributed by atoms with Gasteiger partial charge >= 0.3 is 0 Å². The van der Waals surface area contributed by atoms with Gasteiger partial charge in [-0.15, -0.1) is 0 Å². The van der Waals surface area contributed by atoms with Crippen LogP contribution in [0.1, 0.15) is 52.9 Å². The van der Waals surface area contributed by atoms with Gasteiger partial charge < -0.3 is 10.2 Å². The van der Waals surface area contributed by atoms with E-state index >= 15 is 0 Å². The first kappa shape index (κ1) is 14.0. The van der Waals surface area contributed by atoms with E-state index < -0.39 is 0 Å². The Kier molecular flexibility index (Phi) is 7.06. The second kappa shape index (κ2) is 8.08. The molecule has 1 unspecified atom stereocenters. The Morgan fingerprint density at radius 2 is 1.94 bits per heavy atom. The van der Waals surface area contributed by atoms with Gasteiger partial charge in [0.15, 0.2) is 0 Å². The van der Waals surface area contributed by atoms with E-state index in [-0.39, 0.29) is 0 Å². The van der Waals surface area contributed by atoms with Crippen molar-refractivity contribution in [1.82, 2.24) is 10.2 Å². The number of hydrogen-bond acceptors (Lipinski definition) is 2. The van der Waals surface area contributed by atoms with Gasteiger partial charge in [-0.05, 0) is 44.8 Å². The van der Waals surface area contributed by atoms with E-state index in [0.29, 0.717) is 0 Å². The maximum atomic E-state index is 3.65. The third-order valence-corrected chi connectivity index (χ3v) is 4.04. The minimum Gasteiger partial charge on any atom is -0.314 e. The Bertz CT molecular complexity index is 166. The SMILES string of the molecule is CCC(CC)CN1CCCNC(CC)CC1. The molecule has 1 N–H and O–H groups in total. The Balaban J connectivity index is 2.34. The Labute approximate surface area is 102 Å². The minimum absolute atomic E-state index is 0.754. The molecule has 0 aromatic heterocycles. The molecule has 0 amide bonds. The van der Waals surface area contributed by atoms with Gasteiger partial charge in [0.1, 0.15) is 0 Å². The van der Waals surface area contributed by atoms with Crippen molar-refractivity contribution in [1.29, 1.82) is 0 Å². The first-order valence-electron chi connectivity index (χ1n) is 7.25. The maximum absolute atomic E-state index is 3.65. The van der Waals surface area contributed by atoms with Crippen molar-refractivity contribution in [2.24, 2.45) is 5.92 Å². The molecule has 96 valence electrons. The fourth-order valence-corrected chi connectivity index (χ4v) is 2.60. The van der Waals surface area contributed by atoms with Crippen LogP contribution in [0.25, 0.3) is 0 Å². The Morgan fingerprint density at radius 3 is 2.56 bits per heavy atom. The summed E-state index contributed by atoms with van der Waals surface area (Å²) >= 11 is 0. The van der Waals surface area contributed by atoms with Crippen molar-refractivity contribution in [2.45, 2.75) is 58.9 Å². The van der Waals surface area contributed by atoms with E-state index in [2.05, 4.69) is 31.0 Å². The van der Waals surface area contributed by atoms with Crippen LogP contribution in [0.3, 0.4) is 0 Å². The molecule has 2 heteroatoms. The molecule has 1 fully saturated rings. The van der Waals surface area contributed by atoms with Gasteiger partial charge in [-0.1, -0.05) is 33.6 Å². The van der Waals surface area contributed by atoms with Crippen LogP contribution in [-0.4, -0.2) is 37.1 Å². The van der Waals surface area contributed by atoms with E-state index in [1.54, 1.807) is 0 Å². The molecule has 0 radical (unpaired) electrons. The van der Waals surface area contributed by atoms with Crippen molar-refractivity contribution < 1.29 is 0 Å². The molecule has 0 spiro atoms. The maximum Gasteiger partial charge on any atom is 0.00766 e. The zero-order valence-corrected chi connectivity index (χ0v) is 11.5. The molecule has 0 aliphatic carbocycles. The summed E-state index contributed by atoms with van der Waals surface area (Å²) in [5, 5.41) is 3.65. The molecule has 0 aromatic carbocycles. The zero-order valence-electron chi connectivity index (χ0n) is 11.5. The third-order valence-electron chi connectivity index (χ3n) is 4.04. The summed E-state index contributed by atoms with van der Waals surface area (Å²) in [6.45, 7) is 12.1. The standard InChI is InChI=1S/C14H30N2/c1-4-13(5-2)12-16-10-7-9-15-14(6-3)8-11-16/h13-15H,4-12H2,1-3H3. The van der Waals surface area contributed by atoms with E-state index in [1.165, 1.54) is 58.3 Å². The lowest BCUT2D eigenvalue weighted by Gasteiger charge is -2.31. The van der Waals surface area contributed by atoms with Crippen molar-refractivity contribution >= 4 is 0 Å². The average molecular weight is 226 g/mol. The van der Waals surface area contributed by atoms with Crippen LogP contribution >= 0.6 is 0 Å². The largest absolute Gasteiger partial charge is 0.314 e. The van der Waals surface area contributed by atoms with Crippen LogP contribution in [0.5, 0.6) is 0 Å². The highest BCUT2D eigenvalue weighted by Crippen LogP contribution is 2.12. The molecule has 0 aromatic rings. The summed E-state index contributed by atoms with van der Waals surface area (Å²) < 4.78 is 0. The van der Waals surface area contributed by atoms with Crippen LogP contribution in [0.4, 0.5) is 0 Å². The van der Waals surface area contributed by atoms with Gasteiger partial charge in [0, 0.05) is 12.6 Å². The quantitative estimate of drug-likeness (QED) is 0.775. The van der Waals surface area contributed by atoms with E-state index in [9.17, 15) is 0 Å². The Morgan fingerprint density at radius 1 is 1.19 bits per heavy atom. The zero-order chi connectivity index (χ0) is 11.8. The minimum atomic E-state index is 0.754. The molecular weight excluding hydrogens is 196 g/mol. The third kappa shape index (κ3) is 4.84. The number of hydrogen-bond donors (Lipinski definition) is 1. The van der Waals surface area contributed by atoms with Crippen LogP contribution in [-0.2, 0) is 0 Å². The summed E-state index contributed by atoms with van der Waals surface area (Å²) in [5.74, 6) is 0.910. The Hall–Kier alpha value is -0.0800. The first-order valence-corrected chi connectivity index (χ1v) is 7.25. The molecular formula is C14H30N2.